The number of carbonyl (C=O) groups is 1. The molecule has 0 aromatic heterocycles. The number of aliphatic hydroxyl groups is 2. The first-order valence-electron chi connectivity index (χ1n) is 13.1. The van der Waals surface area contributed by atoms with Gasteiger partial charge in [-0.2, -0.15) is 0 Å². The maximum atomic E-state index is 12.3. The van der Waals surface area contributed by atoms with E-state index in [0.29, 0.717) is 41.4 Å². The third kappa shape index (κ3) is 3.68. The Morgan fingerprint density at radius 1 is 1.06 bits per heavy atom. The summed E-state index contributed by atoms with van der Waals surface area (Å²) in [4.78, 5) is 12.3. The fourth-order valence-corrected chi connectivity index (χ4v) is 9.66. The lowest BCUT2D eigenvalue weighted by Crippen LogP contribution is -2.63. The van der Waals surface area contributed by atoms with Crippen molar-refractivity contribution < 1.29 is 19.7 Å². The van der Waals surface area contributed by atoms with Crippen molar-refractivity contribution in [3.63, 3.8) is 0 Å². The van der Waals surface area contributed by atoms with Crippen molar-refractivity contribution in [1.82, 2.24) is 0 Å². The molecule has 4 heteroatoms. The number of rotatable bonds is 5. The molecule has 0 aromatic rings. The molecule has 4 rings (SSSR count). The second-order valence-electron chi connectivity index (χ2n) is 12.2. The molecular formula is C27H46O4. The molecule has 0 radical (unpaired) electrons. The fraction of sp³-hybridized carbons (Fsp3) is 0.963. The van der Waals surface area contributed by atoms with Crippen LogP contribution >= 0.6 is 0 Å². The Hall–Kier alpha value is -0.610. The summed E-state index contributed by atoms with van der Waals surface area (Å²) >= 11 is 0. The minimum Gasteiger partial charge on any atom is -0.462 e. The zero-order valence-corrected chi connectivity index (χ0v) is 20.5. The Morgan fingerprint density at radius 2 is 1.74 bits per heavy atom. The first-order valence-corrected chi connectivity index (χ1v) is 13.1. The molecule has 0 aromatic carbocycles. The molecule has 4 saturated carbocycles. The third-order valence-corrected chi connectivity index (χ3v) is 11.0. The minimum atomic E-state index is -0.203. The van der Waals surface area contributed by atoms with E-state index in [4.69, 9.17) is 4.74 Å². The number of hydrogen-bond donors (Lipinski definition) is 2. The smallest absolute Gasteiger partial charge is 0.302 e. The molecule has 31 heavy (non-hydrogen) atoms. The lowest BCUT2D eigenvalue weighted by molar-refractivity contribution is -0.217. The van der Waals surface area contributed by atoms with Gasteiger partial charge in [-0.1, -0.05) is 27.7 Å². The number of aliphatic hydroxyl groups excluding tert-OH is 2. The van der Waals surface area contributed by atoms with Crippen LogP contribution in [0.25, 0.3) is 0 Å². The first kappa shape index (κ1) is 23.5. The van der Waals surface area contributed by atoms with Crippen LogP contribution in [0.2, 0.25) is 0 Å². The van der Waals surface area contributed by atoms with Gasteiger partial charge in [-0.25, -0.2) is 0 Å². The molecule has 0 bridgehead atoms. The molecule has 4 aliphatic rings. The van der Waals surface area contributed by atoms with Crippen LogP contribution in [0.5, 0.6) is 0 Å². The zero-order valence-electron chi connectivity index (χ0n) is 20.5. The van der Waals surface area contributed by atoms with Gasteiger partial charge in [0.15, 0.2) is 0 Å². The van der Waals surface area contributed by atoms with E-state index in [1.165, 1.54) is 25.7 Å². The number of esters is 1. The summed E-state index contributed by atoms with van der Waals surface area (Å²) in [6.45, 7) is 11.5. The second kappa shape index (κ2) is 8.63. The van der Waals surface area contributed by atoms with Gasteiger partial charge < -0.3 is 14.9 Å². The predicted octanol–water partition coefficient (Wildman–Crippen LogP) is 5.20. The van der Waals surface area contributed by atoms with Crippen molar-refractivity contribution in [2.24, 2.45) is 52.3 Å². The Bertz CT molecular complexity index is 664. The first-order chi connectivity index (χ1) is 14.7. The second-order valence-corrected chi connectivity index (χ2v) is 12.2. The molecule has 0 spiro atoms. The lowest BCUT2D eigenvalue weighted by atomic mass is 9.41. The summed E-state index contributed by atoms with van der Waals surface area (Å²) in [7, 11) is 0. The minimum absolute atomic E-state index is 0.00704. The van der Waals surface area contributed by atoms with Crippen LogP contribution in [-0.2, 0) is 9.53 Å². The number of fused-ring (bicyclic) bond motifs is 5. The average molecular weight is 435 g/mol. The molecule has 4 nitrogen and oxygen atoms in total. The van der Waals surface area contributed by atoms with Crippen LogP contribution in [0.4, 0.5) is 0 Å². The Kier molecular flexibility index (Phi) is 6.55. The number of hydrogen-bond acceptors (Lipinski definition) is 4. The van der Waals surface area contributed by atoms with Crippen LogP contribution in [0.3, 0.4) is 0 Å². The average Bonchev–Trinajstić information content (AvgIpc) is 3.06. The molecule has 178 valence electrons. The van der Waals surface area contributed by atoms with Crippen LogP contribution in [0.15, 0.2) is 0 Å². The van der Waals surface area contributed by atoms with Gasteiger partial charge in [-0.3, -0.25) is 4.79 Å². The highest BCUT2D eigenvalue weighted by Crippen LogP contribution is 2.70. The molecule has 4 aliphatic carbocycles. The summed E-state index contributed by atoms with van der Waals surface area (Å²) in [5.41, 5.74) is 0.529. The normalized spacial score (nSPS) is 50.2. The van der Waals surface area contributed by atoms with E-state index in [1.807, 2.05) is 0 Å². The van der Waals surface area contributed by atoms with Gasteiger partial charge in [0.25, 0.3) is 0 Å². The fourth-order valence-electron chi connectivity index (χ4n) is 9.66. The van der Waals surface area contributed by atoms with E-state index < -0.39 is 0 Å². The largest absolute Gasteiger partial charge is 0.462 e. The Morgan fingerprint density at radius 3 is 2.39 bits per heavy atom. The van der Waals surface area contributed by atoms with E-state index >= 15 is 0 Å². The summed E-state index contributed by atoms with van der Waals surface area (Å²) in [5, 5.41) is 20.1. The van der Waals surface area contributed by atoms with Gasteiger partial charge >= 0.3 is 5.97 Å². The van der Waals surface area contributed by atoms with Crippen LogP contribution in [0.1, 0.15) is 92.4 Å². The molecule has 0 aliphatic heterocycles. The zero-order chi connectivity index (χ0) is 22.6. The van der Waals surface area contributed by atoms with Crippen molar-refractivity contribution in [1.29, 1.82) is 0 Å². The quantitative estimate of drug-likeness (QED) is 0.584. The monoisotopic (exact) mass is 434 g/mol. The van der Waals surface area contributed by atoms with Crippen molar-refractivity contribution in [3.05, 3.63) is 0 Å². The van der Waals surface area contributed by atoms with Crippen LogP contribution in [0, 0.1) is 52.3 Å². The van der Waals surface area contributed by atoms with Crippen LogP contribution in [-0.4, -0.2) is 35.0 Å². The molecule has 0 amide bonds. The lowest BCUT2D eigenvalue weighted by Gasteiger charge is -2.65. The maximum Gasteiger partial charge on any atom is 0.302 e. The summed E-state index contributed by atoms with van der Waals surface area (Å²) < 4.78 is 6.23. The van der Waals surface area contributed by atoms with Crippen molar-refractivity contribution in [2.75, 3.05) is 6.61 Å². The summed E-state index contributed by atoms with van der Waals surface area (Å²) in [6, 6.07) is 0. The van der Waals surface area contributed by atoms with E-state index in [-0.39, 0.29) is 35.6 Å². The standard InChI is InChI=1S/C27H46O4/c1-6-19-23-15-18(30)9-12-27(23,5)22-10-13-26(4)20(16(2)11-14-28)7-8-21(26)24(22)25(19)31-17(3)29/h16,18-25,28,30H,6-15H2,1-5H3/t16-,18-,19-,20-,21?,22?,23+,24?,25-,26-,27-/m1/s1. The van der Waals surface area contributed by atoms with E-state index in [9.17, 15) is 15.0 Å². The van der Waals surface area contributed by atoms with Gasteiger partial charge in [-0.05, 0) is 104 Å². The molecule has 11 atom stereocenters. The van der Waals surface area contributed by atoms with E-state index in [0.717, 1.165) is 32.1 Å². The maximum absolute atomic E-state index is 12.3. The van der Waals surface area contributed by atoms with Gasteiger partial charge in [-0.15, -0.1) is 0 Å². The summed E-state index contributed by atoms with van der Waals surface area (Å²) in [6.07, 6.45) is 9.55. The SMILES string of the molecule is CC[C@H]1[C@@H](OC(C)=O)C2C3CC[C@H]([C@H](C)CCO)[C@@]3(C)CCC2[C@@]2(C)CC[C@@H](O)C[C@@H]12. The summed E-state index contributed by atoms with van der Waals surface area (Å²) in [5.74, 6) is 3.48. The van der Waals surface area contributed by atoms with Gasteiger partial charge in [0, 0.05) is 19.4 Å². The molecule has 3 unspecified atom stereocenters. The number of ether oxygens (including phenoxy) is 1. The molecule has 0 saturated heterocycles. The molecule has 2 N–H and O–H groups in total. The highest BCUT2D eigenvalue weighted by molar-refractivity contribution is 5.66. The highest BCUT2D eigenvalue weighted by Gasteiger charge is 2.65. The highest BCUT2D eigenvalue weighted by atomic mass is 16.5. The Labute approximate surface area is 189 Å². The Balaban J connectivity index is 1.73. The van der Waals surface area contributed by atoms with Gasteiger partial charge in [0.2, 0.25) is 0 Å². The topological polar surface area (TPSA) is 66.8 Å². The molecule has 0 heterocycles. The van der Waals surface area contributed by atoms with Gasteiger partial charge in [0.05, 0.1) is 6.10 Å². The molecular weight excluding hydrogens is 388 g/mol. The van der Waals surface area contributed by atoms with Gasteiger partial charge in [0.1, 0.15) is 6.10 Å². The van der Waals surface area contributed by atoms with Crippen molar-refractivity contribution in [3.8, 4) is 0 Å². The van der Waals surface area contributed by atoms with Crippen molar-refractivity contribution >= 4 is 5.97 Å². The predicted molar refractivity (Wildman–Crippen MR) is 122 cm³/mol. The third-order valence-electron chi connectivity index (χ3n) is 11.0. The van der Waals surface area contributed by atoms with E-state index in [2.05, 4.69) is 27.7 Å². The molecule has 4 fully saturated rings. The van der Waals surface area contributed by atoms with Crippen LogP contribution < -0.4 is 0 Å². The van der Waals surface area contributed by atoms with E-state index in [1.54, 1.807) is 6.92 Å². The van der Waals surface area contributed by atoms with Crippen molar-refractivity contribution in [2.45, 2.75) is 105 Å². The number of carbonyl (C=O) groups excluding carboxylic acids is 1.